The molecule has 0 heterocycles. The number of carbonyl (C=O) groups is 2. The lowest BCUT2D eigenvalue weighted by atomic mass is 9.75. The number of urea groups is 1. The molecular formula is C15H28N2O3. The molecule has 5 nitrogen and oxygen atoms in total. The van der Waals surface area contributed by atoms with Crippen LogP contribution in [0.1, 0.15) is 66.2 Å². The third kappa shape index (κ3) is 4.69. The Morgan fingerprint density at radius 1 is 1.30 bits per heavy atom. The predicted octanol–water partition coefficient (Wildman–Crippen LogP) is 2.90. The minimum Gasteiger partial charge on any atom is -0.480 e. The largest absolute Gasteiger partial charge is 0.480 e. The molecule has 0 aromatic rings. The second-order valence-corrected chi connectivity index (χ2v) is 6.92. The maximum atomic E-state index is 12.0. The Morgan fingerprint density at radius 3 is 2.30 bits per heavy atom. The third-order valence-corrected chi connectivity index (χ3v) is 4.29. The molecule has 1 rings (SSSR count). The lowest BCUT2D eigenvalue weighted by molar-refractivity contribution is -0.144. The van der Waals surface area contributed by atoms with Crippen LogP contribution in [0.25, 0.3) is 0 Å². The molecule has 2 amide bonds. The van der Waals surface area contributed by atoms with Gasteiger partial charge in [-0.3, -0.25) is 0 Å². The molecular weight excluding hydrogens is 256 g/mol. The van der Waals surface area contributed by atoms with Gasteiger partial charge in [-0.15, -0.1) is 0 Å². The fourth-order valence-electron chi connectivity index (χ4n) is 2.74. The molecule has 1 atom stereocenters. The van der Waals surface area contributed by atoms with Gasteiger partial charge in [0.05, 0.1) is 0 Å². The van der Waals surface area contributed by atoms with E-state index in [0.717, 1.165) is 25.7 Å². The van der Waals surface area contributed by atoms with Crippen LogP contribution in [0.15, 0.2) is 0 Å². The quantitative estimate of drug-likeness (QED) is 0.726. The van der Waals surface area contributed by atoms with Gasteiger partial charge in [0, 0.05) is 6.04 Å². The van der Waals surface area contributed by atoms with Gasteiger partial charge >= 0.3 is 12.0 Å². The fourth-order valence-corrected chi connectivity index (χ4v) is 2.74. The number of hydrogen-bond donors (Lipinski definition) is 3. The number of rotatable bonds is 5. The van der Waals surface area contributed by atoms with Crippen molar-refractivity contribution in [3.8, 4) is 0 Å². The van der Waals surface area contributed by atoms with Crippen molar-refractivity contribution < 1.29 is 14.7 Å². The normalized spacial score (nSPS) is 21.8. The van der Waals surface area contributed by atoms with Crippen molar-refractivity contribution in [1.29, 1.82) is 0 Å². The lowest BCUT2D eigenvalue weighted by Crippen LogP contribution is -2.57. The maximum Gasteiger partial charge on any atom is 0.329 e. The van der Waals surface area contributed by atoms with E-state index in [1.54, 1.807) is 6.92 Å². The molecule has 1 aliphatic rings. The van der Waals surface area contributed by atoms with Crippen LogP contribution in [0.2, 0.25) is 0 Å². The summed E-state index contributed by atoms with van der Waals surface area (Å²) >= 11 is 0. The van der Waals surface area contributed by atoms with Gasteiger partial charge in [0.15, 0.2) is 0 Å². The summed E-state index contributed by atoms with van der Waals surface area (Å²) in [7, 11) is 0. The molecule has 0 aromatic heterocycles. The van der Waals surface area contributed by atoms with Crippen LogP contribution < -0.4 is 10.6 Å². The number of hydrogen-bond acceptors (Lipinski definition) is 2. The van der Waals surface area contributed by atoms with E-state index >= 15 is 0 Å². The molecule has 0 aromatic carbocycles. The van der Waals surface area contributed by atoms with Crippen molar-refractivity contribution >= 4 is 12.0 Å². The van der Waals surface area contributed by atoms with E-state index in [4.69, 9.17) is 0 Å². The summed E-state index contributed by atoms with van der Waals surface area (Å²) < 4.78 is 0. The lowest BCUT2D eigenvalue weighted by Gasteiger charge is -2.35. The molecule has 116 valence electrons. The van der Waals surface area contributed by atoms with Crippen molar-refractivity contribution in [3.63, 3.8) is 0 Å². The van der Waals surface area contributed by atoms with E-state index in [1.165, 1.54) is 0 Å². The van der Waals surface area contributed by atoms with Crippen LogP contribution in [0, 0.1) is 5.41 Å². The number of carboxylic acid groups (broad SMARTS) is 1. The molecule has 0 spiro atoms. The highest BCUT2D eigenvalue weighted by Gasteiger charge is 2.35. The van der Waals surface area contributed by atoms with E-state index in [1.807, 2.05) is 6.92 Å². The summed E-state index contributed by atoms with van der Waals surface area (Å²) in [6, 6.07) is -0.212. The first-order valence-electron chi connectivity index (χ1n) is 7.50. The fraction of sp³-hybridized carbons (Fsp3) is 0.867. The van der Waals surface area contributed by atoms with Gasteiger partial charge in [-0.05, 0) is 44.4 Å². The first-order chi connectivity index (χ1) is 9.18. The van der Waals surface area contributed by atoms with Crippen LogP contribution in [-0.4, -0.2) is 28.7 Å². The van der Waals surface area contributed by atoms with Gasteiger partial charge in [-0.2, -0.15) is 0 Å². The zero-order valence-corrected chi connectivity index (χ0v) is 13.1. The number of carboxylic acids is 1. The van der Waals surface area contributed by atoms with Crippen molar-refractivity contribution in [2.24, 2.45) is 5.41 Å². The second kappa shape index (κ2) is 6.46. The molecule has 0 radical (unpaired) electrons. The molecule has 0 aliphatic heterocycles. The van der Waals surface area contributed by atoms with E-state index in [0.29, 0.717) is 18.3 Å². The van der Waals surface area contributed by atoms with Crippen LogP contribution in [0.5, 0.6) is 0 Å². The smallest absolute Gasteiger partial charge is 0.329 e. The number of carbonyl (C=O) groups excluding carboxylic acids is 1. The Hall–Kier alpha value is -1.26. The van der Waals surface area contributed by atoms with Gasteiger partial charge in [-0.25, -0.2) is 9.59 Å². The topological polar surface area (TPSA) is 78.4 Å². The third-order valence-electron chi connectivity index (χ3n) is 4.29. The highest BCUT2D eigenvalue weighted by molar-refractivity contribution is 5.85. The van der Waals surface area contributed by atoms with E-state index in [-0.39, 0.29) is 12.1 Å². The Kier molecular flexibility index (Phi) is 5.42. The summed E-state index contributed by atoms with van der Waals surface area (Å²) in [5.74, 6) is -0.987. The molecule has 1 aliphatic carbocycles. The summed E-state index contributed by atoms with van der Waals surface area (Å²) in [5, 5.41) is 14.8. The first kappa shape index (κ1) is 16.8. The van der Waals surface area contributed by atoms with Gasteiger partial charge in [-0.1, -0.05) is 27.2 Å². The maximum absolute atomic E-state index is 12.0. The molecule has 1 unspecified atom stereocenters. The molecule has 1 fully saturated rings. The second-order valence-electron chi connectivity index (χ2n) is 6.92. The average molecular weight is 284 g/mol. The highest BCUT2D eigenvalue weighted by Crippen LogP contribution is 2.34. The molecule has 0 saturated heterocycles. The van der Waals surface area contributed by atoms with Crippen LogP contribution in [-0.2, 0) is 4.79 Å². The molecule has 20 heavy (non-hydrogen) atoms. The summed E-state index contributed by atoms with van der Waals surface area (Å²) in [6.07, 6.45) is 5.22. The summed E-state index contributed by atoms with van der Waals surface area (Å²) in [5.41, 5.74) is -0.834. The SMILES string of the molecule is CCCC(C)(NC(=O)NC1CCC(C)(C)CC1)C(=O)O. The van der Waals surface area contributed by atoms with Gasteiger partial charge in [0.1, 0.15) is 5.54 Å². The zero-order valence-electron chi connectivity index (χ0n) is 13.1. The highest BCUT2D eigenvalue weighted by atomic mass is 16.4. The number of aliphatic carboxylic acids is 1. The molecule has 0 bridgehead atoms. The number of nitrogens with one attached hydrogen (secondary N) is 2. The Bertz CT molecular complexity index is 358. The summed E-state index contributed by atoms with van der Waals surface area (Å²) in [4.78, 5) is 23.3. The molecule has 1 saturated carbocycles. The minimum absolute atomic E-state index is 0.155. The zero-order chi connectivity index (χ0) is 15.4. The Labute approximate surface area is 121 Å². The molecule has 5 heteroatoms. The van der Waals surface area contributed by atoms with Crippen molar-refractivity contribution in [2.45, 2.75) is 77.8 Å². The van der Waals surface area contributed by atoms with Crippen molar-refractivity contribution in [2.75, 3.05) is 0 Å². The Balaban J connectivity index is 2.49. The first-order valence-corrected chi connectivity index (χ1v) is 7.50. The average Bonchev–Trinajstić information content (AvgIpc) is 2.32. The van der Waals surface area contributed by atoms with Gasteiger partial charge < -0.3 is 15.7 Å². The number of amides is 2. The predicted molar refractivity (Wildman–Crippen MR) is 78.7 cm³/mol. The Morgan fingerprint density at radius 2 is 1.85 bits per heavy atom. The molecule has 3 N–H and O–H groups in total. The minimum atomic E-state index is -1.19. The van der Waals surface area contributed by atoms with Crippen LogP contribution in [0.4, 0.5) is 4.79 Å². The van der Waals surface area contributed by atoms with Crippen LogP contribution >= 0.6 is 0 Å². The van der Waals surface area contributed by atoms with Gasteiger partial charge in [0.2, 0.25) is 0 Å². The van der Waals surface area contributed by atoms with E-state index < -0.39 is 11.5 Å². The van der Waals surface area contributed by atoms with E-state index in [9.17, 15) is 14.7 Å². The van der Waals surface area contributed by atoms with Gasteiger partial charge in [0.25, 0.3) is 0 Å². The monoisotopic (exact) mass is 284 g/mol. The van der Waals surface area contributed by atoms with Crippen molar-refractivity contribution in [1.82, 2.24) is 10.6 Å². The van der Waals surface area contributed by atoms with E-state index in [2.05, 4.69) is 24.5 Å². The standard InChI is InChI=1S/C15H28N2O3/c1-5-8-15(4,12(18)19)17-13(20)16-11-6-9-14(2,3)10-7-11/h11H,5-10H2,1-4H3,(H,18,19)(H2,16,17,20). The van der Waals surface area contributed by atoms with Crippen molar-refractivity contribution in [3.05, 3.63) is 0 Å². The summed E-state index contributed by atoms with van der Waals surface area (Å²) in [6.45, 7) is 7.95. The van der Waals surface area contributed by atoms with Crippen LogP contribution in [0.3, 0.4) is 0 Å².